The van der Waals surface area contributed by atoms with Crippen LogP contribution in [0.5, 0.6) is 0 Å². The van der Waals surface area contributed by atoms with E-state index in [1.54, 1.807) is 25.2 Å². The van der Waals surface area contributed by atoms with Crippen LogP contribution in [0.3, 0.4) is 0 Å². The van der Waals surface area contributed by atoms with Crippen LogP contribution < -0.4 is 0 Å². The minimum absolute atomic E-state index is 0.298. The smallest absolute Gasteiger partial charge is 0.348 e. The summed E-state index contributed by atoms with van der Waals surface area (Å²) in [4.78, 5) is 30.7. The normalized spacial score (nSPS) is 11.0. The topological polar surface area (TPSA) is 52.6 Å². The Morgan fingerprint density at radius 1 is 0.590 bits per heavy atom. The Hall–Kier alpha value is -2.94. The molecule has 0 radical (unpaired) electrons. The summed E-state index contributed by atoms with van der Waals surface area (Å²) in [6.45, 7) is 4.19. The maximum absolute atomic E-state index is 12.8. The first-order valence-corrected chi connectivity index (χ1v) is 15.3. The first kappa shape index (κ1) is 27.6. The Balaban J connectivity index is 1.54. The second-order valence-corrected chi connectivity index (χ2v) is 12.4. The summed E-state index contributed by atoms with van der Waals surface area (Å²) in [6, 6.07) is 23.0. The summed E-state index contributed by atoms with van der Waals surface area (Å²) >= 11 is 16.6. The zero-order chi connectivity index (χ0) is 27.5. The highest BCUT2D eigenvalue weighted by atomic mass is 35.5. The summed E-state index contributed by atoms with van der Waals surface area (Å²) in [7, 11) is 0. The zero-order valence-electron chi connectivity index (χ0n) is 21.0. The molecule has 0 N–H and O–H groups in total. The number of halogens is 2. The van der Waals surface area contributed by atoms with Gasteiger partial charge in [0.1, 0.15) is 9.75 Å². The van der Waals surface area contributed by atoms with Crippen LogP contribution in [0.4, 0.5) is 0 Å². The molecule has 4 nitrogen and oxygen atoms in total. The van der Waals surface area contributed by atoms with Gasteiger partial charge in [0.2, 0.25) is 0 Å². The Morgan fingerprint density at radius 2 is 0.974 bits per heavy atom. The van der Waals surface area contributed by atoms with Gasteiger partial charge in [0.05, 0.1) is 13.2 Å². The van der Waals surface area contributed by atoms with Crippen molar-refractivity contribution in [3.63, 3.8) is 0 Å². The molecule has 9 heteroatoms. The summed E-state index contributed by atoms with van der Waals surface area (Å²) in [6.07, 6.45) is 0. The average Bonchev–Trinajstić information content (AvgIpc) is 3.68. The van der Waals surface area contributed by atoms with Crippen molar-refractivity contribution in [3.05, 3.63) is 92.6 Å². The maximum atomic E-state index is 12.8. The van der Waals surface area contributed by atoms with Gasteiger partial charge in [-0.2, -0.15) is 0 Å². The Morgan fingerprint density at radius 3 is 1.33 bits per heavy atom. The van der Waals surface area contributed by atoms with E-state index >= 15 is 0 Å². The molecule has 0 aliphatic carbocycles. The van der Waals surface area contributed by atoms with E-state index < -0.39 is 0 Å². The van der Waals surface area contributed by atoms with Crippen LogP contribution in [0.15, 0.2) is 72.8 Å². The molecule has 0 aliphatic rings. The molecular formula is C30H22Cl2O4S3. The van der Waals surface area contributed by atoms with Crippen molar-refractivity contribution in [1.82, 2.24) is 0 Å². The van der Waals surface area contributed by atoms with Gasteiger partial charge in [0.15, 0.2) is 0 Å². The standard InChI is InChI=1S/C30H22Cl2O4S3/c1-3-35-29(33)27-21(17-5-9-19(31)10-6-17)15-25(38-27)23-13-14-24(37-23)26-16-22(18-7-11-20(32)12-8-18)28(39-26)30(34)36-4-2/h5-16H,3-4H2,1-2H3. The molecule has 39 heavy (non-hydrogen) atoms. The number of carbonyl (C=O) groups is 2. The Bertz CT molecular complexity index is 1510. The van der Waals surface area contributed by atoms with Gasteiger partial charge in [0, 0.05) is 40.7 Å². The average molecular weight is 614 g/mol. The van der Waals surface area contributed by atoms with E-state index in [0.29, 0.717) is 33.0 Å². The van der Waals surface area contributed by atoms with Gasteiger partial charge in [-0.1, -0.05) is 47.5 Å². The highest BCUT2D eigenvalue weighted by Crippen LogP contribution is 2.45. The van der Waals surface area contributed by atoms with Gasteiger partial charge in [-0.3, -0.25) is 0 Å². The van der Waals surface area contributed by atoms with Crippen LogP contribution in [0, 0.1) is 0 Å². The molecule has 0 saturated heterocycles. The molecule has 3 heterocycles. The van der Waals surface area contributed by atoms with E-state index in [4.69, 9.17) is 32.7 Å². The van der Waals surface area contributed by atoms with E-state index in [1.807, 2.05) is 72.8 Å². The summed E-state index contributed by atoms with van der Waals surface area (Å²) < 4.78 is 10.7. The van der Waals surface area contributed by atoms with Crippen molar-refractivity contribution >= 4 is 69.2 Å². The lowest BCUT2D eigenvalue weighted by Crippen LogP contribution is -2.03. The van der Waals surface area contributed by atoms with E-state index in [1.165, 1.54) is 22.7 Å². The molecule has 0 unspecified atom stereocenters. The number of hydrogen-bond acceptors (Lipinski definition) is 7. The number of carbonyl (C=O) groups excluding carboxylic acids is 2. The van der Waals surface area contributed by atoms with E-state index in [9.17, 15) is 9.59 Å². The van der Waals surface area contributed by atoms with Crippen LogP contribution in [-0.2, 0) is 9.47 Å². The van der Waals surface area contributed by atoms with Crippen molar-refractivity contribution in [3.8, 4) is 41.8 Å². The minimum Gasteiger partial charge on any atom is -0.462 e. The summed E-state index contributed by atoms with van der Waals surface area (Å²) in [5.74, 6) is -0.694. The molecule has 5 rings (SSSR count). The van der Waals surface area contributed by atoms with Crippen LogP contribution >= 0.6 is 57.2 Å². The third kappa shape index (κ3) is 5.98. The molecular weight excluding hydrogens is 591 g/mol. The first-order chi connectivity index (χ1) is 18.9. The molecule has 0 atom stereocenters. The Kier molecular flexibility index (Phi) is 8.54. The van der Waals surface area contributed by atoms with Crippen LogP contribution in [0.25, 0.3) is 41.8 Å². The Labute approximate surface area is 248 Å². The van der Waals surface area contributed by atoms with Crippen LogP contribution in [0.2, 0.25) is 10.0 Å². The molecule has 0 spiro atoms. The van der Waals surface area contributed by atoms with Gasteiger partial charge in [-0.25, -0.2) is 9.59 Å². The lowest BCUT2D eigenvalue weighted by Gasteiger charge is -2.03. The molecule has 198 valence electrons. The molecule has 0 fully saturated rings. The van der Waals surface area contributed by atoms with Crippen molar-refractivity contribution in [1.29, 1.82) is 0 Å². The van der Waals surface area contributed by atoms with Gasteiger partial charge < -0.3 is 9.47 Å². The molecule has 0 saturated carbocycles. The predicted molar refractivity (Wildman–Crippen MR) is 164 cm³/mol. The zero-order valence-corrected chi connectivity index (χ0v) is 24.9. The number of rotatable bonds is 8. The van der Waals surface area contributed by atoms with Crippen LogP contribution in [0.1, 0.15) is 33.2 Å². The predicted octanol–water partition coefficient (Wildman–Crippen LogP) is 10.2. The van der Waals surface area contributed by atoms with Gasteiger partial charge in [0.25, 0.3) is 0 Å². The second-order valence-electron chi connectivity index (χ2n) is 8.33. The fourth-order valence-corrected chi connectivity index (χ4v) is 7.58. The molecule has 0 bridgehead atoms. The van der Waals surface area contributed by atoms with Gasteiger partial charge >= 0.3 is 11.9 Å². The van der Waals surface area contributed by atoms with Crippen molar-refractivity contribution in [2.24, 2.45) is 0 Å². The largest absolute Gasteiger partial charge is 0.462 e. The maximum Gasteiger partial charge on any atom is 0.348 e. The third-order valence-electron chi connectivity index (χ3n) is 5.79. The highest BCUT2D eigenvalue weighted by molar-refractivity contribution is 7.27. The molecule has 0 amide bonds. The number of thiophene rings is 3. The number of esters is 2. The number of benzene rings is 2. The summed E-state index contributed by atoms with van der Waals surface area (Å²) in [5, 5.41) is 1.26. The second kappa shape index (κ2) is 12.1. The van der Waals surface area contributed by atoms with Crippen molar-refractivity contribution < 1.29 is 19.1 Å². The van der Waals surface area contributed by atoms with Crippen molar-refractivity contribution in [2.75, 3.05) is 13.2 Å². The van der Waals surface area contributed by atoms with Crippen LogP contribution in [-0.4, -0.2) is 25.2 Å². The first-order valence-electron chi connectivity index (χ1n) is 12.1. The monoisotopic (exact) mass is 612 g/mol. The number of ether oxygens (including phenoxy) is 2. The van der Waals surface area contributed by atoms with E-state index in [-0.39, 0.29) is 11.9 Å². The fourth-order valence-electron chi connectivity index (χ4n) is 4.01. The molecule has 5 aromatic rings. The quantitative estimate of drug-likeness (QED) is 0.164. The van der Waals surface area contributed by atoms with E-state index in [2.05, 4.69) is 0 Å². The lowest BCUT2D eigenvalue weighted by atomic mass is 10.1. The highest BCUT2D eigenvalue weighted by Gasteiger charge is 2.23. The van der Waals surface area contributed by atoms with Crippen molar-refractivity contribution in [2.45, 2.75) is 13.8 Å². The summed E-state index contributed by atoms with van der Waals surface area (Å²) in [5.41, 5.74) is 3.41. The minimum atomic E-state index is -0.347. The molecule has 3 aromatic heterocycles. The van der Waals surface area contributed by atoms with E-state index in [0.717, 1.165) is 41.8 Å². The third-order valence-corrected chi connectivity index (χ3v) is 10.00. The molecule has 2 aromatic carbocycles. The van der Waals surface area contributed by atoms with Gasteiger partial charge in [-0.05, 0) is 73.5 Å². The fraction of sp³-hybridized carbons (Fsp3) is 0.133. The lowest BCUT2D eigenvalue weighted by molar-refractivity contribution is 0.0523. The SMILES string of the molecule is CCOC(=O)c1sc(-c2ccc(-c3cc(-c4ccc(Cl)cc4)c(C(=O)OCC)s3)s2)cc1-c1ccc(Cl)cc1. The molecule has 0 aliphatic heterocycles. The van der Waals surface area contributed by atoms with Gasteiger partial charge in [-0.15, -0.1) is 34.0 Å². The number of hydrogen-bond donors (Lipinski definition) is 0.